The molecule has 0 amide bonds. The lowest BCUT2D eigenvalue weighted by Crippen LogP contribution is -2.40. The van der Waals surface area contributed by atoms with Gasteiger partial charge in [0.1, 0.15) is 0 Å². The number of hydrogen-bond donors (Lipinski definition) is 1. The van der Waals surface area contributed by atoms with Gasteiger partial charge in [-0.25, -0.2) is 0 Å². The monoisotopic (exact) mass is 284 g/mol. The van der Waals surface area contributed by atoms with Gasteiger partial charge in [-0.05, 0) is 17.7 Å². The second-order valence-corrected chi connectivity index (χ2v) is 4.99. The molecule has 0 aliphatic carbocycles. The van der Waals surface area contributed by atoms with Gasteiger partial charge in [0, 0.05) is 30.1 Å². The van der Waals surface area contributed by atoms with Crippen molar-refractivity contribution in [3.8, 4) is 0 Å². The highest BCUT2D eigenvalue weighted by Crippen LogP contribution is 2.17. The molecule has 1 aromatic carbocycles. The fraction of sp³-hybridized carbons (Fsp3) is 0.500. The van der Waals surface area contributed by atoms with E-state index >= 15 is 0 Å². The first-order chi connectivity index (χ1) is 7.75. The average Bonchev–Trinajstić information content (AvgIpc) is 2.30. The SMILES string of the molecule is NC(CN1CCOCC1)c1cccc(Br)c1. The van der Waals surface area contributed by atoms with E-state index in [1.54, 1.807) is 0 Å². The Kier molecular flexibility index (Phi) is 4.35. The van der Waals surface area contributed by atoms with Crippen molar-refractivity contribution in [2.24, 2.45) is 5.73 Å². The van der Waals surface area contributed by atoms with Crippen LogP contribution in [0.5, 0.6) is 0 Å². The van der Waals surface area contributed by atoms with Gasteiger partial charge in [0.2, 0.25) is 0 Å². The first-order valence-electron chi connectivity index (χ1n) is 5.57. The molecule has 0 saturated carbocycles. The van der Waals surface area contributed by atoms with E-state index in [4.69, 9.17) is 10.5 Å². The molecule has 0 aromatic heterocycles. The Balaban J connectivity index is 1.94. The Morgan fingerprint density at radius 2 is 2.12 bits per heavy atom. The van der Waals surface area contributed by atoms with E-state index in [0.29, 0.717) is 0 Å². The Morgan fingerprint density at radius 3 is 2.81 bits per heavy atom. The summed E-state index contributed by atoms with van der Waals surface area (Å²) < 4.78 is 6.40. The zero-order valence-electron chi connectivity index (χ0n) is 9.23. The molecule has 0 radical (unpaired) electrons. The number of morpholine rings is 1. The Labute approximate surface area is 105 Å². The van der Waals surface area contributed by atoms with Gasteiger partial charge in [0.05, 0.1) is 13.2 Å². The molecule has 88 valence electrons. The Bertz CT molecular complexity index is 340. The van der Waals surface area contributed by atoms with Gasteiger partial charge >= 0.3 is 0 Å². The van der Waals surface area contributed by atoms with Crippen molar-refractivity contribution >= 4 is 15.9 Å². The van der Waals surface area contributed by atoms with Crippen LogP contribution in [0.15, 0.2) is 28.7 Å². The second-order valence-electron chi connectivity index (χ2n) is 4.07. The quantitative estimate of drug-likeness (QED) is 0.920. The third-order valence-corrected chi connectivity index (χ3v) is 3.33. The highest BCUT2D eigenvalue weighted by Gasteiger charge is 2.15. The van der Waals surface area contributed by atoms with E-state index in [1.807, 2.05) is 12.1 Å². The number of benzene rings is 1. The van der Waals surface area contributed by atoms with Gasteiger partial charge in [-0.2, -0.15) is 0 Å². The molecule has 1 atom stereocenters. The molecule has 1 unspecified atom stereocenters. The van der Waals surface area contributed by atoms with Crippen molar-refractivity contribution in [2.75, 3.05) is 32.8 Å². The van der Waals surface area contributed by atoms with E-state index < -0.39 is 0 Å². The van der Waals surface area contributed by atoms with Gasteiger partial charge < -0.3 is 10.5 Å². The van der Waals surface area contributed by atoms with E-state index in [-0.39, 0.29) is 6.04 Å². The fourth-order valence-electron chi connectivity index (χ4n) is 1.90. The van der Waals surface area contributed by atoms with Crippen LogP contribution in [0.4, 0.5) is 0 Å². The Morgan fingerprint density at radius 1 is 1.38 bits per heavy atom. The first kappa shape index (κ1) is 12.0. The van der Waals surface area contributed by atoms with Crippen molar-refractivity contribution in [3.63, 3.8) is 0 Å². The molecule has 0 spiro atoms. The molecule has 0 bridgehead atoms. The van der Waals surface area contributed by atoms with Crippen molar-refractivity contribution in [2.45, 2.75) is 6.04 Å². The standard InChI is InChI=1S/C12H17BrN2O/c13-11-3-1-2-10(8-11)12(14)9-15-4-6-16-7-5-15/h1-3,8,12H,4-7,9,14H2. The third-order valence-electron chi connectivity index (χ3n) is 2.84. The molecule has 1 aromatic rings. The minimum Gasteiger partial charge on any atom is -0.379 e. The lowest BCUT2D eigenvalue weighted by atomic mass is 10.1. The molecule has 1 fully saturated rings. The maximum atomic E-state index is 6.19. The Hall–Kier alpha value is -0.420. The van der Waals surface area contributed by atoms with Crippen LogP contribution in [0.2, 0.25) is 0 Å². The van der Waals surface area contributed by atoms with E-state index in [1.165, 1.54) is 5.56 Å². The van der Waals surface area contributed by atoms with Crippen LogP contribution in [0.3, 0.4) is 0 Å². The van der Waals surface area contributed by atoms with Crippen LogP contribution in [-0.4, -0.2) is 37.7 Å². The molecule has 2 N–H and O–H groups in total. The summed E-state index contributed by atoms with van der Waals surface area (Å²) in [6.07, 6.45) is 0. The highest BCUT2D eigenvalue weighted by atomic mass is 79.9. The number of nitrogens with zero attached hydrogens (tertiary/aromatic N) is 1. The summed E-state index contributed by atoms with van der Waals surface area (Å²) in [7, 11) is 0. The molecule has 1 aliphatic heterocycles. The van der Waals surface area contributed by atoms with Crippen LogP contribution in [0, 0.1) is 0 Å². The summed E-state index contributed by atoms with van der Waals surface area (Å²) in [4.78, 5) is 2.36. The van der Waals surface area contributed by atoms with Crippen LogP contribution >= 0.6 is 15.9 Å². The van der Waals surface area contributed by atoms with E-state index in [0.717, 1.165) is 37.3 Å². The maximum absolute atomic E-state index is 6.19. The number of halogens is 1. The van der Waals surface area contributed by atoms with Gasteiger partial charge in [-0.15, -0.1) is 0 Å². The van der Waals surface area contributed by atoms with Crippen LogP contribution in [0.1, 0.15) is 11.6 Å². The summed E-state index contributed by atoms with van der Waals surface area (Å²) in [5, 5.41) is 0. The number of rotatable bonds is 3. The predicted octanol–water partition coefficient (Wildman–Crippen LogP) is 1.78. The van der Waals surface area contributed by atoms with Crippen LogP contribution in [0.25, 0.3) is 0 Å². The van der Waals surface area contributed by atoms with Gasteiger partial charge in [0.15, 0.2) is 0 Å². The van der Waals surface area contributed by atoms with Gasteiger partial charge in [-0.1, -0.05) is 28.1 Å². The topological polar surface area (TPSA) is 38.5 Å². The van der Waals surface area contributed by atoms with Crippen molar-refractivity contribution in [3.05, 3.63) is 34.3 Å². The van der Waals surface area contributed by atoms with Crippen LogP contribution in [-0.2, 0) is 4.74 Å². The normalized spacial score (nSPS) is 19.6. The number of nitrogens with two attached hydrogens (primary N) is 1. The van der Waals surface area contributed by atoms with E-state index in [2.05, 4.69) is 33.0 Å². The van der Waals surface area contributed by atoms with Gasteiger partial charge in [-0.3, -0.25) is 4.90 Å². The maximum Gasteiger partial charge on any atom is 0.0594 e. The molecule has 3 nitrogen and oxygen atoms in total. The molecule has 4 heteroatoms. The lowest BCUT2D eigenvalue weighted by molar-refractivity contribution is 0.0352. The third kappa shape index (κ3) is 3.28. The smallest absolute Gasteiger partial charge is 0.0594 e. The van der Waals surface area contributed by atoms with E-state index in [9.17, 15) is 0 Å². The fourth-order valence-corrected chi connectivity index (χ4v) is 2.32. The molecular formula is C12H17BrN2O. The zero-order valence-corrected chi connectivity index (χ0v) is 10.8. The minimum atomic E-state index is 0.0793. The molecular weight excluding hydrogens is 268 g/mol. The summed E-state index contributed by atoms with van der Waals surface area (Å²) in [6, 6.07) is 8.29. The van der Waals surface area contributed by atoms with Crippen molar-refractivity contribution < 1.29 is 4.74 Å². The largest absolute Gasteiger partial charge is 0.379 e. The summed E-state index contributed by atoms with van der Waals surface area (Å²) in [6.45, 7) is 4.53. The summed E-state index contributed by atoms with van der Waals surface area (Å²) in [5.41, 5.74) is 7.37. The summed E-state index contributed by atoms with van der Waals surface area (Å²) >= 11 is 3.47. The summed E-state index contributed by atoms with van der Waals surface area (Å²) in [5.74, 6) is 0. The predicted molar refractivity (Wildman–Crippen MR) is 68.3 cm³/mol. The number of ether oxygens (including phenoxy) is 1. The van der Waals surface area contributed by atoms with Crippen molar-refractivity contribution in [1.82, 2.24) is 4.90 Å². The first-order valence-corrected chi connectivity index (χ1v) is 6.36. The second kappa shape index (κ2) is 5.77. The molecule has 1 aliphatic rings. The van der Waals surface area contributed by atoms with Crippen LogP contribution < -0.4 is 5.73 Å². The zero-order chi connectivity index (χ0) is 11.4. The molecule has 1 heterocycles. The minimum absolute atomic E-state index is 0.0793. The van der Waals surface area contributed by atoms with Crippen molar-refractivity contribution in [1.29, 1.82) is 0 Å². The average molecular weight is 285 g/mol. The number of hydrogen-bond acceptors (Lipinski definition) is 3. The molecule has 1 saturated heterocycles. The highest BCUT2D eigenvalue weighted by molar-refractivity contribution is 9.10. The van der Waals surface area contributed by atoms with Gasteiger partial charge in [0.25, 0.3) is 0 Å². The lowest BCUT2D eigenvalue weighted by Gasteiger charge is -2.29. The molecule has 16 heavy (non-hydrogen) atoms. The molecule has 2 rings (SSSR count).